The first-order chi connectivity index (χ1) is 15.1. The van der Waals surface area contributed by atoms with Gasteiger partial charge in [0, 0.05) is 48.6 Å². The van der Waals surface area contributed by atoms with Gasteiger partial charge in [-0.2, -0.15) is 5.10 Å². The van der Waals surface area contributed by atoms with E-state index >= 15 is 0 Å². The van der Waals surface area contributed by atoms with Gasteiger partial charge >= 0.3 is 0 Å². The minimum Gasteiger partial charge on any atom is -0.383 e. The predicted molar refractivity (Wildman–Crippen MR) is 130 cm³/mol. The highest BCUT2D eigenvalue weighted by Crippen LogP contribution is 2.28. The summed E-state index contributed by atoms with van der Waals surface area (Å²) in [6.45, 7) is 2.19. The second-order valence-electron chi connectivity index (χ2n) is 6.99. The lowest BCUT2D eigenvalue weighted by atomic mass is 10.1. The molecule has 7 nitrogen and oxygen atoms in total. The van der Waals surface area contributed by atoms with E-state index in [0.717, 1.165) is 34.2 Å². The minimum atomic E-state index is -0.161. The van der Waals surface area contributed by atoms with Gasteiger partial charge in [0.1, 0.15) is 5.82 Å². The molecular weight excluding hydrogens is 446 g/mol. The first kappa shape index (κ1) is 23.7. The molecule has 0 aliphatic rings. The van der Waals surface area contributed by atoms with Crippen LogP contribution in [0.15, 0.2) is 55.0 Å². The molecule has 0 fully saturated rings. The summed E-state index contributed by atoms with van der Waals surface area (Å²) in [4.78, 5) is 18.1. The van der Waals surface area contributed by atoms with Gasteiger partial charge in [-0.25, -0.2) is 4.98 Å². The van der Waals surface area contributed by atoms with Gasteiger partial charge in [0.2, 0.25) is 0 Å². The molecular formula is C23H26ClN5O2S. The molecule has 0 aliphatic carbocycles. The summed E-state index contributed by atoms with van der Waals surface area (Å²) in [5.74, 6) is 0.337. The Bertz CT molecular complexity index is 1180. The number of rotatable bonds is 9. The Kier molecular flexibility index (Phi) is 8.21. The number of aromatic nitrogens is 3. The summed E-state index contributed by atoms with van der Waals surface area (Å²) in [5.41, 5.74) is 6.87. The number of nitrogens with zero attached hydrogens (tertiary/aromatic N) is 3. The lowest BCUT2D eigenvalue weighted by Gasteiger charge is -2.06. The van der Waals surface area contributed by atoms with E-state index in [-0.39, 0.29) is 13.3 Å². The van der Waals surface area contributed by atoms with Gasteiger partial charge in [-0.3, -0.25) is 9.48 Å². The molecule has 4 rings (SSSR count). The number of amides is 1. The lowest BCUT2D eigenvalue weighted by Crippen LogP contribution is -2.21. The van der Waals surface area contributed by atoms with E-state index in [9.17, 15) is 4.79 Å². The molecule has 0 bridgehead atoms. The second kappa shape index (κ2) is 11.1. The van der Waals surface area contributed by atoms with Gasteiger partial charge in [-0.15, -0.1) is 11.3 Å². The third-order valence-corrected chi connectivity index (χ3v) is 6.32. The Morgan fingerprint density at radius 2 is 2.12 bits per heavy atom. The number of ether oxygens (including phenoxy) is 1. The van der Waals surface area contributed by atoms with Crippen LogP contribution in [-0.2, 0) is 24.4 Å². The van der Waals surface area contributed by atoms with Crippen LogP contribution in [0.1, 0.15) is 34.0 Å². The topological polar surface area (TPSA) is 95.1 Å². The van der Waals surface area contributed by atoms with Crippen molar-refractivity contribution in [3.05, 3.63) is 75.3 Å². The van der Waals surface area contributed by atoms with Crippen molar-refractivity contribution in [2.45, 2.75) is 33.5 Å². The van der Waals surface area contributed by atoms with Crippen molar-refractivity contribution >= 4 is 45.4 Å². The molecule has 1 amide bonds. The van der Waals surface area contributed by atoms with E-state index in [1.54, 1.807) is 18.5 Å². The van der Waals surface area contributed by atoms with Gasteiger partial charge in [-0.05, 0) is 41.6 Å². The standard InChI is InChI=1S/C22H22ClN5O2S.CH4/c23-18-12-19(31-20(18)14-30-10-2-9-28-8-1-6-27-28)22(29)26-13-15-3-4-17-16(11-15)5-7-25-21(17)24;/h1,3-8,11-12H,2,9-10,13-14H2,(H2,24,25)(H,26,29);1H4. The van der Waals surface area contributed by atoms with E-state index < -0.39 is 0 Å². The summed E-state index contributed by atoms with van der Waals surface area (Å²) in [7, 11) is 0. The Morgan fingerprint density at radius 3 is 2.94 bits per heavy atom. The van der Waals surface area contributed by atoms with Crippen LogP contribution in [0, 0.1) is 0 Å². The minimum absolute atomic E-state index is 0. The summed E-state index contributed by atoms with van der Waals surface area (Å²) in [6.07, 6.45) is 6.21. The van der Waals surface area contributed by atoms with Crippen LogP contribution in [-0.4, -0.2) is 27.3 Å². The molecule has 32 heavy (non-hydrogen) atoms. The molecule has 9 heteroatoms. The van der Waals surface area contributed by atoms with Crippen LogP contribution >= 0.6 is 22.9 Å². The third-order valence-electron chi connectivity index (χ3n) is 4.76. The van der Waals surface area contributed by atoms with Gasteiger partial charge in [0.15, 0.2) is 0 Å². The molecule has 0 unspecified atom stereocenters. The average Bonchev–Trinajstić information content (AvgIpc) is 3.42. The first-order valence-corrected chi connectivity index (χ1v) is 11.0. The number of aryl methyl sites for hydroxylation is 1. The van der Waals surface area contributed by atoms with Crippen LogP contribution in [0.5, 0.6) is 0 Å². The summed E-state index contributed by atoms with van der Waals surface area (Å²) in [5, 5.41) is 9.54. The zero-order chi connectivity index (χ0) is 21.6. The maximum Gasteiger partial charge on any atom is 0.261 e. The van der Waals surface area contributed by atoms with Gasteiger partial charge < -0.3 is 15.8 Å². The van der Waals surface area contributed by atoms with Gasteiger partial charge in [-0.1, -0.05) is 31.2 Å². The smallest absolute Gasteiger partial charge is 0.261 e. The molecule has 0 aliphatic heterocycles. The van der Waals surface area contributed by atoms with Crippen LogP contribution in [0.3, 0.4) is 0 Å². The first-order valence-electron chi connectivity index (χ1n) is 9.85. The highest BCUT2D eigenvalue weighted by atomic mass is 35.5. The van der Waals surface area contributed by atoms with E-state index in [2.05, 4.69) is 15.4 Å². The van der Waals surface area contributed by atoms with Crippen molar-refractivity contribution < 1.29 is 9.53 Å². The number of hydrogen-bond donors (Lipinski definition) is 2. The number of nitrogen functional groups attached to an aromatic ring is 1. The van der Waals surface area contributed by atoms with Crippen molar-refractivity contribution in [1.82, 2.24) is 20.1 Å². The monoisotopic (exact) mass is 471 g/mol. The number of fused-ring (bicyclic) bond motifs is 1. The van der Waals surface area contributed by atoms with E-state index in [0.29, 0.717) is 35.5 Å². The van der Waals surface area contributed by atoms with Crippen LogP contribution < -0.4 is 11.1 Å². The molecule has 0 radical (unpaired) electrons. The molecule has 3 heterocycles. The molecule has 3 aromatic heterocycles. The number of nitrogens with two attached hydrogens (primary N) is 1. The third kappa shape index (κ3) is 5.85. The van der Waals surface area contributed by atoms with Crippen molar-refractivity contribution in [3.8, 4) is 0 Å². The number of thiophene rings is 1. The number of carbonyl (C=O) groups is 1. The van der Waals surface area contributed by atoms with Crippen molar-refractivity contribution in [1.29, 1.82) is 0 Å². The lowest BCUT2D eigenvalue weighted by molar-refractivity contribution is 0.0955. The summed E-state index contributed by atoms with van der Waals surface area (Å²) >= 11 is 7.65. The van der Waals surface area contributed by atoms with Crippen molar-refractivity contribution in [2.24, 2.45) is 0 Å². The summed E-state index contributed by atoms with van der Waals surface area (Å²) < 4.78 is 7.58. The van der Waals surface area contributed by atoms with Gasteiger partial charge in [0.05, 0.1) is 16.5 Å². The number of nitrogens with one attached hydrogen (secondary N) is 1. The fourth-order valence-electron chi connectivity index (χ4n) is 3.17. The van der Waals surface area contributed by atoms with Crippen molar-refractivity contribution in [2.75, 3.05) is 12.3 Å². The van der Waals surface area contributed by atoms with Crippen LogP contribution in [0.25, 0.3) is 10.8 Å². The number of halogens is 1. The molecule has 1 aromatic carbocycles. The van der Waals surface area contributed by atoms with Crippen molar-refractivity contribution in [3.63, 3.8) is 0 Å². The number of benzene rings is 1. The largest absolute Gasteiger partial charge is 0.383 e. The van der Waals surface area contributed by atoms with Crippen LogP contribution in [0.4, 0.5) is 5.82 Å². The molecule has 3 N–H and O–H groups in total. The molecule has 168 valence electrons. The molecule has 4 aromatic rings. The summed E-state index contributed by atoms with van der Waals surface area (Å²) in [6, 6.07) is 11.3. The quantitative estimate of drug-likeness (QED) is 0.338. The highest BCUT2D eigenvalue weighted by Gasteiger charge is 2.14. The Balaban J connectivity index is 0.00000289. The van der Waals surface area contributed by atoms with Gasteiger partial charge in [0.25, 0.3) is 5.91 Å². The predicted octanol–water partition coefficient (Wildman–Crippen LogP) is 4.90. The Hall–Kier alpha value is -2.94. The average molecular weight is 472 g/mol. The van der Waals surface area contributed by atoms with E-state index in [4.69, 9.17) is 22.1 Å². The SMILES string of the molecule is C.Nc1nccc2cc(CNC(=O)c3cc(Cl)c(COCCCn4cccn4)s3)ccc12. The van der Waals surface area contributed by atoms with E-state index in [1.165, 1.54) is 11.3 Å². The zero-order valence-corrected chi connectivity index (χ0v) is 18.3. The second-order valence-corrected chi connectivity index (χ2v) is 8.54. The molecule has 0 saturated carbocycles. The maximum absolute atomic E-state index is 12.6. The Labute approximate surface area is 196 Å². The fraction of sp³-hybridized carbons (Fsp3) is 0.261. The normalized spacial score (nSPS) is 10.8. The maximum atomic E-state index is 12.6. The number of anilines is 1. The van der Waals surface area contributed by atoms with Crippen LogP contribution in [0.2, 0.25) is 5.02 Å². The fourth-order valence-corrected chi connectivity index (χ4v) is 4.42. The molecule has 0 saturated heterocycles. The highest BCUT2D eigenvalue weighted by molar-refractivity contribution is 7.14. The Morgan fingerprint density at radius 1 is 1.25 bits per heavy atom. The molecule has 0 spiro atoms. The number of pyridine rings is 1. The zero-order valence-electron chi connectivity index (χ0n) is 16.8. The van der Waals surface area contributed by atoms with E-state index in [1.807, 2.05) is 41.2 Å². The number of hydrogen-bond acceptors (Lipinski definition) is 6. The number of carbonyl (C=O) groups excluding carboxylic acids is 1. The molecule has 0 atom stereocenters.